The molecular weight excluding hydrogens is 460 g/mol. The van der Waals surface area contributed by atoms with Crippen LogP contribution in [0.25, 0.3) is 0 Å². The molecule has 5 rings (SSSR count). The molecule has 2 aromatic carbocycles. The number of rotatable bonds is 5. The van der Waals surface area contributed by atoms with Crippen LogP contribution in [0.5, 0.6) is 5.75 Å². The molecule has 8 nitrogen and oxygen atoms in total. The number of nitrogens with zero attached hydrogens (tertiary/aromatic N) is 1. The maximum atomic E-state index is 14.2. The lowest BCUT2D eigenvalue weighted by molar-refractivity contribution is -0.141. The zero-order valence-electron chi connectivity index (χ0n) is 20.5. The number of ether oxygens (including phenoxy) is 3. The van der Waals surface area contributed by atoms with E-state index < -0.39 is 17.3 Å². The number of fused-ring (bicyclic) bond motifs is 3. The summed E-state index contributed by atoms with van der Waals surface area (Å²) in [5.41, 5.74) is 6.83. The molecule has 8 heteroatoms. The first kappa shape index (κ1) is 23.7. The number of amides is 1. The molecule has 2 N–H and O–H groups in total. The minimum atomic E-state index is -1.71. The smallest absolute Gasteiger partial charge is 0.341 e. The molecule has 3 aliphatic rings. The van der Waals surface area contributed by atoms with Crippen molar-refractivity contribution in [1.82, 2.24) is 0 Å². The first-order chi connectivity index (χ1) is 17.4. The Morgan fingerprint density at radius 2 is 1.83 bits per heavy atom. The highest BCUT2D eigenvalue weighted by Crippen LogP contribution is 2.57. The number of carbonyl (C=O) groups excluding carboxylic acids is 3. The lowest BCUT2D eigenvalue weighted by Crippen LogP contribution is -2.51. The van der Waals surface area contributed by atoms with Gasteiger partial charge in [0.05, 0.1) is 19.3 Å². The van der Waals surface area contributed by atoms with E-state index in [2.05, 4.69) is 0 Å². The lowest BCUT2D eigenvalue weighted by atomic mass is 9.63. The highest BCUT2D eigenvalue weighted by atomic mass is 16.5. The Hall–Kier alpha value is -4.07. The van der Waals surface area contributed by atoms with Crippen LogP contribution in [0.4, 0.5) is 5.69 Å². The number of anilines is 1. The average Bonchev–Trinajstić information content (AvgIpc) is 3.11. The van der Waals surface area contributed by atoms with Gasteiger partial charge in [0.15, 0.2) is 5.78 Å². The van der Waals surface area contributed by atoms with Crippen LogP contribution in [0.15, 0.2) is 71.3 Å². The number of carbonyl (C=O) groups is 3. The minimum absolute atomic E-state index is 0.0818. The molecule has 2 aliphatic heterocycles. The third-order valence-corrected chi connectivity index (χ3v) is 7.20. The second-order valence-corrected chi connectivity index (χ2v) is 8.98. The predicted molar refractivity (Wildman–Crippen MR) is 132 cm³/mol. The Morgan fingerprint density at radius 3 is 2.50 bits per heavy atom. The van der Waals surface area contributed by atoms with Crippen LogP contribution >= 0.6 is 0 Å². The predicted octanol–water partition coefficient (Wildman–Crippen LogP) is 3.46. The van der Waals surface area contributed by atoms with Crippen molar-refractivity contribution in [3.8, 4) is 5.75 Å². The zero-order chi connectivity index (χ0) is 25.6. The number of benzene rings is 2. The molecule has 186 valence electrons. The van der Waals surface area contributed by atoms with E-state index in [4.69, 9.17) is 19.9 Å². The molecule has 0 bridgehead atoms. The monoisotopic (exact) mass is 488 g/mol. The van der Waals surface area contributed by atoms with Crippen molar-refractivity contribution >= 4 is 23.3 Å². The fourth-order valence-corrected chi connectivity index (χ4v) is 5.70. The van der Waals surface area contributed by atoms with E-state index in [0.717, 1.165) is 5.56 Å². The first-order valence-electron chi connectivity index (χ1n) is 12.1. The van der Waals surface area contributed by atoms with Crippen molar-refractivity contribution in [3.63, 3.8) is 0 Å². The van der Waals surface area contributed by atoms with Gasteiger partial charge in [-0.05, 0) is 43.5 Å². The van der Waals surface area contributed by atoms with E-state index in [9.17, 15) is 14.4 Å². The van der Waals surface area contributed by atoms with Crippen LogP contribution in [0.3, 0.4) is 0 Å². The highest BCUT2D eigenvalue weighted by molar-refractivity contribution is 6.23. The lowest BCUT2D eigenvalue weighted by Gasteiger charge is -2.40. The molecule has 0 saturated carbocycles. The number of Topliss-reactive ketones (excluding diaryl/α,β-unsaturated/α-hetero) is 1. The molecule has 36 heavy (non-hydrogen) atoms. The van der Waals surface area contributed by atoms with Crippen molar-refractivity contribution in [2.24, 2.45) is 5.73 Å². The number of para-hydroxylation sites is 1. The number of hydrogen-bond donors (Lipinski definition) is 1. The summed E-state index contributed by atoms with van der Waals surface area (Å²) in [5, 5.41) is 0. The standard InChI is InChI=1S/C28H28N2O6/c1-4-30-20-9-7-6-8-19(20)28(27(30)33)23-21(31)14-17(16-10-12-18(34-3)13-11-16)15-22(23)36-25(29)24(28)26(32)35-5-2/h6-13,17H,4-5,14-15,29H2,1-3H3/t17-,28+/m0/s1. The van der Waals surface area contributed by atoms with Crippen LogP contribution in [-0.4, -0.2) is 37.9 Å². The third-order valence-electron chi connectivity index (χ3n) is 7.20. The van der Waals surface area contributed by atoms with E-state index in [1.54, 1.807) is 31.1 Å². The Balaban J connectivity index is 1.72. The van der Waals surface area contributed by atoms with Gasteiger partial charge >= 0.3 is 5.97 Å². The molecule has 1 spiro atoms. The minimum Gasteiger partial charge on any atom is -0.497 e. The molecular formula is C28H28N2O6. The summed E-state index contributed by atoms with van der Waals surface area (Å²) >= 11 is 0. The second kappa shape index (κ2) is 8.86. The molecule has 0 radical (unpaired) electrons. The van der Waals surface area contributed by atoms with Gasteiger partial charge in [0.25, 0.3) is 0 Å². The quantitative estimate of drug-likeness (QED) is 0.642. The van der Waals surface area contributed by atoms with Crippen molar-refractivity contribution in [1.29, 1.82) is 0 Å². The summed E-state index contributed by atoms with van der Waals surface area (Å²) < 4.78 is 16.6. The van der Waals surface area contributed by atoms with Crippen molar-refractivity contribution < 1.29 is 28.6 Å². The number of likely N-dealkylation sites (N-methyl/N-ethyl adjacent to an activating group) is 1. The molecule has 0 saturated heterocycles. The Labute approximate surface area is 209 Å². The van der Waals surface area contributed by atoms with Crippen LogP contribution in [-0.2, 0) is 29.3 Å². The van der Waals surface area contributed by atoms with E-state index in [-0.39, 0.29) is 41.8 Å². The van der Waals surface area contributed by atoms with E-state index in [0.29, 0.717) is 35.7 Å². The summed E-state index contributed by atoms with van der Waals surface area (Å²) in [7, 11) is 1.60. The molecule has 1 amide bonds. The molecule has 1 aliphatic carbocycles. The van der Waals surface area contributed by atoms with Crippen LogP contribution in [0.2, 0.25) is 0 Å². The molecule has 0 fully saturated rings. The van der Waals surface area contributed by atoms with Crippen LogP contribution in [0.1, 0.15) is 43.7 Å². The summed E-state index contributed by atoms with van der Waals surface area (Å²) in [5.74, 6) is -0.780. The summed E-state index contributed by atoms with van der Waals surface area (Å²) in [4.78, 5) is 43.0. The largest absolute Gasteiger partial charge is 0.497 e. The maximum absolute atomic E-state index is 14.2. The Kier molecular flexibility index (Phi) is 5.82. The molecule has 2 atom stereocenters. The number of methoxy groups -OCH3 is 1. The fraction of sp³-hybridized carbons (Fsp3) is 0.321. The second-order valence-electron chi connectivity index (χ2n) is 8.98. The summed E-state index contributed by atoms with van der Waals surface area (Å²) in [6, 6.07) is 14.7. The van der Waals surface area contributed by atoms with Gasteiger partial charge in [-0.25, -0.2) is 4.79 Å². The maximum Gasteiger partial charge on any atom is 0.341 e. The fourth-order valence-electron chi connectivity index (χ4n) is 5.70. The summed E-state index contributed by atoms with van der Waals surface area (Å²) in [6.07, 6.45) is 0.515. The molecule has 2 aromatic rings. The molecule has 2 heterocycles. The van der Waals surface area contributed by atoms with E-state index in [1.165, 1.54) is 0 Å². The van der Waals surface area contributed by atoms with Crippen LogP contribution < -0.4 is 15.4 Å². The van der Waals surface area contributed by atoms with Gasteiger partial charge in [-0.15, -0.1) is 0 Å². The first-order valence-corrected chi connectivity index (χ1v) is 12.1. The third kappa shape index (κ3) is 3.24. The van der Waals surface area contributed by atoms with Gasteiger partial charge in [-0.2, -0.15) is 0 Å². The van der Waals surface area contributed by atoms with E-state index in [1.807, 2.05) is 43.3 Å². The van der Waals surface area contributed by atoms with Gasteiger partial charge in [-0.1, -0.05) is 30.3 Å². The van der Waals surface area contributed by atoms with Gasteiger partial charge in [0, 0.05) is 30.6 Å². The van der Waals surface area contributed by atoms with Crippen molar-refractivity contribution in [3.05, 3.63) is 82.4 Å². The van der Waals surface area contributed by atoms with Crippen molar-refractivity contribution in [2.75, 3.05) is 25.2 Å². The average molecular weight is 489 g/mol. The van der Waals surface area contributed by atoms with Gasteiger partial charge in [0.1, 0.15) is 22.5 Å². The number of hydrogen-bond acceptors (Lipinski definition) is 7. The SMILES string of the molecule is CCOC(=O)C1=C(N)OC2=C(C(=O)C[C@H](c3ccc(OC)cc3)C2)[C@@]12C(=O)N(CC)c1ccccc12. The number of nitrogens with two attached hydrogens (primary N) is 1. The number of allylic oxidation sites excluding steroid dienone is 1. The van der Waals surface area contributed by atoms with Gasteiger partial charge in [0.2, 0.25) is 11.8 Å². The molecule has 0 aromatic heterocycles. The van der Waals surface area contributed by atoms with E-state index >= 15 is 0 Å². The Bertz CT molecular complexity index is 1330. The Morgan fingerprint density at radius 1 is 1.11 bits per heavy atom. The summed E-state index contributed by atoms with van der Waals surface area (Å²) in [6.45, 7) is 3.96. The highest BCUT2D eigenvalue weighted by Gasteiger charge is 2.64. The topological polar surface area (TPSA) is 108 Å². The van der Waals surface area contributed by atoms with Crippen LogP contribution in [0, 0.1) is 0 Å². The number of ketones is 1. The van der Waals surface area contributed by atoms with Gasteiger partial charge in [-0.3, -0.25) is 9.59 Å². The zero-order valence-corrected chi connectivity index (χ0v) is 20.5. The number of esters is 1. The molecule has 0 unspecified atom stereocenters. The van der Waals surface area contributed by atoms with Crippen molar-refractivity contribution in [2.45, 2.75) is 38.0 Å². The van der Waals surface area contributed by atoms with Gasteiger partial charge < -0.3 is 24.8 Å². The normalized spacial score (nSPS) is 23.0.